The standard InChI is InChI=1S/C15H15F2NO2/c1-19-14-7-10(5-11(8-18)15(14)20-2)9-3-4-12(16)13(17)6-9/h3-7H,8,18H2,1-2H3. The lowest BCUT2D eigenvalue weighted by molar-refractivity contribution is 0.352. The van der Waals surface area contributed by atoms with Gasteiger partial charge in [-0.25, -0.2) is 8.78 Å². The maximum absolute atomic E-state index is 13.3. The van der Waals surface area contributed by atoms with E-state index in [-0.39, 0.29) is 6.54 Å². The van der Waals surface area contributed by atoms with E-state index in [1.54, 1.807) is 12.1 Å². The molecule has 0 aromatic heterocycles. The molecule has 0 aliphatic carbocycles. The zero-order valence-electron chi connectivity index (χ0n) is 11.2. The van der Waals surface area contributed by atoms with Gasteiger partial charge in [-0.2, -0.15) is 0 Å². The molecule has 0 bridgehead atoms. The van der Waals surface area contributed by atoms with Crippen molar-refractivity contribution >= 4 is 0 Å². The van der Waals surface area contributed by atoms with Crippen molar-refractivity contribution < 1.29 is 18.3 Å². The van der Waals surface area contributed by atoms with Crippen LogP contribution in [0.4, 0.5) is 8.78 Å². The summed E-state index contributed by atoms with van der Waals surface area (Å²) in [5.41, 5.74) is 7.63. The fraction of sp³-hybridized carbons (Fsp3) is 0.200. The molecule has 0 amide bonds. The van der Waals surface area contributed by atoms with Crippen LogP contribution in [0.15, 0.2) is 30.3 Å². The zero-order valence-corrected chi connectivity index (χ0v) is 11.2. The van der Waals surface area contributed by atoms with Gasteiger partial charge in [-0.15, -0.1) is 0 Å². The molecule has 0 radical (unpaired) electrons. The Bertz CT molecular complexity index is 604. The van der Waals surface area contributed by atoms with Crippen LogP contribution < -0.4 is 15.2 Å². The summed E-state index contributed by atoms with van der Waals surface area (Å²) in [5.74, 6) is -0.739. The van der Waals surface area contributed by atoms with E-state index in [2.05, 4.69) is 0 Å². The highest BCUT2D eigenvalue weighted by Gasteiger charge is 2.13. The maximum Gasteiger partial charge on any atom is 0.165 e. The lowest BCUT2D eigenvalue weighted by Crippen LogP contribution is -2.02. The molecule has 0 aliphatic heterocycles. The van der Waals surface area contributed by atoms with Crippen molar-refractivity contribution in [3.8, 4) is 22.6 Å². The van der Waals surface area contributed by atoms with Crippen LogP contribution >= 0.6 is 0 Å². The number of ether oxygens (including phenoxy) is 2. The summed E-state index contributed by atoms with van der Waals surface area (Å²) in [4.78, 5) is 0. The average molecular weight is 279 g/mol. The minimum Gasteiger partial charge on any atom is -0.493 e. The van der Waals surface area contributed by atoms with E-state index in [1.807, 2.05) is 0 Å². The second kappa shape index (κ2) is 5.88. The highest BCUT2D eigenvalue weighted by atomic mass is 19.2. The molecule has 2 rings (SSSR count). The highest BCUT2D eigenvalue weighted by Crippen LogP contribution is 2.36. The van der Waals surface area contributed by atoms with Gasteiger partial charge in [0.05, 0.1) is 14.2 Å². The van der Waals surface area contributed by atoms with E-state index in [1.165, 1.54) is 20.3 Å². The Morgan fingerprint density at radius 2 is 1.70 bits per heavy atom. The lowest BCUT2D eigenvalue weighted by atomic mass is 10.0. The van der Waals surface area contributed by atoms with Gasteiger partial charge >= 0.3 is 0 Å². The Morgan fingerprint density at radius 1 is 0.950 bits per heavy atom. The first kappa shape index (κ1) is 14.3. The Hall–Kier alpha value is -2.14. The van der Waals surface area contributed by atoms with Gasteiger partial charge in [-0.3, -0.25) is 0 Å². The average Bonchev–Trinajstić information content (AvgIpc) is 2.48. The third-order valence-electron chi connectivity index (χ3n) is 3.03. The first-order chi connectivity index (χ1) is 9.60. The van der Waals surface area contributed by atoms with Crippen LogP contribution in [0, 0.1) is 11.6 Å². The molecule has 0 fully saturated rings. The number of nitrogens with two attached hydrogens (primary N) is 1. The van der Waals surface area contributed by atoms with Gasteiger partial charge in [0.15, 0.2) is 23.1 Å². The lowest BCUT2D eigenvalue weighted by Gasteiger charge is -2.14. The molecule has 2 aromatic carbocycles. The molecule has 0 atom stereocenters. The maximum atomic E-state index is 13.3. The van der Waals surface area contributed by atoms with Crippen molar-refractivity contribution in [1.29, 1.82) is 0 Å². The summed E-state index contributed by atoms with van der Waals surface area (Å²) in [7, 11) is 3.03. The number of rotatable bonds is 4. The summed E-state index contributed by atoms with van der Waals surface area (Å²) in [6.07, 6.45) is 0. The van der Waals surface area contributed by atoms with E-state index in [0.717, 1.165) is 17.7 Å². The van der Waals surface area contributed by atoms with E-state index >= 15 is 0 Å². The fourth-order valence-electron chi connectivity index (χ4n) is 2.04. The van der Waals surface area contributed by atoms with E-state index in [4.69, 9.17) is 15.2 Å². The molecule has 0 aliphatic rings. The van der Waals surface area contributed by atoms with Gasteiger partial charge in [0.1, 0.15) is 0 Å². The minimum atomic E-state index is -0.897. The Labute approximate surface area is 115 Å². The SMILES string of the molecule is COc1cc(-c2ccc(F)c(F)c2)cc(CN)c1OC. The minimum absolute atomic E-state index is 0.247. The molecule has 0 saturated heterocycles. The van der Waals surface area contributed by atoms with Crippen molar-refractivity contribution in [2.75, 3.05) is 14.2 Å². The van der Waals surface area contributed by atoms with Crippen LogP contribution in [-0.4, -0.2) is 14.2 Å². The molecule has 0 heterocycles. The predicted molar refractivity (Wildman–Crippen MR) is 72.8 cm³/mol. The topological polar surface area (TPSA) is 44.5 Å². The second-order valence-electron chi connectivity index (χ2n) is 4.20. The molecule has 0 saturated carbocycles. The van der Waals surface area contributed by atoms with E-state index in [9.17, 15) is 8.78 Å². The molecule has 0 spiro atoms. The van der Waals surface area contributed by atoms with Crippen LogP contribution in [0.3, 0.4) is 0 Å². The molecular weight excluding hydrogens is 264 g/mol. The van der Waals surface area contributed by atoms with Gasteiger partial charge in [-0.1, -0.05) is 6.07 Å². The van der Waals surface area contributed by atoms with Crippen molar-refractivity contribution in [2.45, 2.75) is 6.54 Å². The van der Waals surface area contributed by atoms with Crippen molar-refractivity contribution in [3.05, 3.63) is 47.5 Å². The third kappa shape index (κ3) is 2.58. The van der Waals surface area contributed by atoms with Crippen molar-refractivity contribution in [3.63, 3.8) is 0 Å². The summed E-state index contributed by atoms with van der Waals surface area (Å²) in [5, 5.41) is 0. The van der Waals surface area contributed by atoms with Crippen molar-refractivity contribution in [2.24, 2.45) is 5.73 Å². The van der Waals surface area contributed by atoms with Gasteiger partial charge in [-0.05, 0) is 35.4 Å². The molecule has 5 heteroatoms. The fourth-order valence-corrected chi connectivity index (χ4v) is 2.04. The van der Waals surface area contributed by atoms with Gasteiger partial charge in [0.2, 0.25) is 0 Å². The third-order valence-corrected chi connectivity index (χ3v) is 3.03. The van der Waals surface area contributed by atoms with E-state index in [0.29, 0.717) is 22.6 Å². The number of hydrogen-bond donors (Lipinski definition) is 1. The van der Waals surface area contributed by atoms with E-state index < -0.39 is 11.6 Å². The molecular formula is C15H15F2NO2. The quantitative estimate of drug-likeness (QED) is 0.935. The van der Waals surface area contributed by atoms with Gasteiger partial charge in [0.25, 0.3) is 0 Å². The molecule has 0 unspecified atom stereocenters. The number of hydrogen-bond acceptors (Lipinski definition) is 3. The Kier molecular flexibility index (Phi) is 4.20. The van der Waals surface area contributed by atoms with Gasteiger partial charge < -0.3 is 15.2 Å². The summed E-state index contributed by atoms with van der Waals surface area (Å²) < 4.78 is 36.8. The normalized spacial score (nSPS) is 10.4. The Morgan fingerprint density at radius 3 is 2.25 bits per heavy atom. The number of benzene rings is 2. The summed E-state index contributed by atoms with van der Waals surface area (Å²) in [6.45, 7) is 0.247. The largest absolute Gasteiger partial charge is 0.493 e. The zero-order chi connectivity index (χ0) is 14.7. The van der Waals surface area contributed by atoms with Crippen LogP contribution in [0.2, 0.25) is 0 Å². The van der Waals surface area contributed by atoms with Gasteiger partial charge in [0, 0.05) is 12.1 Å². The number of methoxy groups -OCH3 is 2. The molecule has 3 nitrogen and oxygen atoms in total. The van der Waals surface area contributed by atoms with Crippen LogP contribution in [-0.2, 0) is 6.54 Å². The number of halogens is 2. The Balaban J connectivity index is 2.59. The highest BCUT2D eigenvalue weighted by molar-refractivity contribution is 5.69. The smallest absolute Gasteiger partial charge is 0.165 e. The molecule has 2 N–H and O–H groups in total. The predicted octanol–water partition coefficient (Wildman–Crippen LogP) is 3.11. The first-order valence-electron chi connectivity index (χ1n) is 6.01. The van der Waals surface area contributed by atoms with Crippen LogP contribution in [0.1, 0.15) is 5.56 Å². The molecule has 106 valence electrons. The molecule has 20 heavy (non-hydrogen) atoms. The van der Waals surface area contributed by atoms with Crippen molar-refractivity contribution in [1.82, 2.24) is 0 Å². The summed E-state index contributed by atoms with van der Waals surface area (Å²) in [6, 6.07) is 7.19. The van der Waals surface area contributed by atoms with Crippen LogP contribution in [0.25, 0.3) is 11.1 Å². The molecule has 2 aromatic rings. The van der Waals surface area contributed by atoms with Crippen LogP contribution in [0.5, 0.6) is 11.5 Å². The second-order valence-corrected chi connectivity index (χ2v) is 4.20. The monoisotopic (exact) mass is 279 g/mol. The summed E-state index contributed by atoms with van der Waals surface area (Å²) >= 11 is 0. The first-order valence-corrected chi connectivity index (χ1v) is 6.01.